The fourth-order valence-corrected chi connectivity index (χ4v) is 1.68. The highest BCUT2D eigenvalue weighted by Gasteiger charge is 1.97. The van der Waals surface area contributed by atoms with E-state index in [9.17, 15) is 0 Å². The number of aliphatic hydroxyl groups excluding tert-OH is 1. The minimum absolute atomic E-state index is 0.123. The molecule has 0 aliphatic rings. The molecule has 1 aromatic carbocycles. The maximum Gasteiger partial charge on any atom is 0.119 e. The molecule has 2 aromatic rings. The van der Waals surface area contributed by atoms with Crippen molar-refractivity contribution in [3.63, 3.8) is 0 Å². The number of hydrogen-bond acceptors (Lipinski definition) is 3. The molecule has 0 spiro atoms. The van der Waals surface area contributed by atoms with E-state index in [1.54, 1.807) is 6.20 Å². The van der Waals surface area contributed by atoms with Crippen LogP contribution in [0.5, 0.6) is 5.75 Å². The van der Waals surface area contributed by atoms with Gasteiger partial charge in [0, 0.05) is 18.0 Å². The monoisotopic (exact) mass is 256 g/mol. The fraction of sp³-hybridized carbons (Fsp3) is 0.267. The number of nitrogens with zero attached hydrogens (tertiary/aromatic N) is 2. The quantitative estimate of drug-likeness (QED) is 0.845. The lowest BCUT2D eigenvalue weighted by molar-refractivity contribution is 0.297. The minimum atomic E-state index is -0.123. The van der Waals surface area contributed by atoms with Gasteiger partial charge < -0.3 is 14.4 Å². The predicted molar refractivity (Wildman–Crippen MR) is 72.9 cm³/mol. The number of imidazole rings is 1. The Kier molecular flexibility index (Phi) is 4.60. The molecule has 1 heterocycles. The molecule has 1 N–H and O–H groups in total. The lowest BCUT2D eigenvalue weighted by Gasteiger charge is -2.08. The van der Waals surface area contributed by atoms with Gasteiger partial charge in [0.2, 0.25) is 0 Å². The molecule has 19 heavy (non-hydrogen) atoms. The van der Waals surface area contributed by atoms with Crippen LogP contribution in [0, 0.1) is 18.8 Å². The van der Waals surface area contributed by atoms with Gasteiger partial charge >= 0.3 is 0 Å². The Morgan fingerprint density at radius 1 is 1.32 bits per heavy atom. The summed E-state index contributed by atoms with van der Waals surface area (Å²) in [7, 11) is 0. The summed E-state index contributed by atoms with van der Waals surface area (Å²) < 4.78 is 7.69. The van der Waals surface area contributed by atoms with Crippen LogP contribution in [-0.2, 0) is 6.54 Å². The third-order valence-corrected chi connectivity index (χ3v) is 2.69. The van der Waals surface area contributed by atoms with Crippen molar-refractivity contribution in [2.75, 3.05) is 13.2 Å². The van der Waals surface area contributed by atoms with Crippen molar-refractivity contribution in [1.29, 1.82) is 0 Å². The molecule has 2 rings (SSSR count). The topological polar surface area (TPSA) is 47.3 Å². The summed E-state index contributed by atoms with van der Waals surface area (Å²) in [4.78, 5) is 4.15. The van der Waals surface area contributed by atoms with E-state index in [1.165, 1.54) is 0 Å². The van der Waals surface area contributed by atoms with E-state index in [0.29, 0.717) is 6.61 Å². The zero-order chi connectivity index (χ0) is 13.5. The summed E-state index contributed by atoms with van der Waals surface area (Å²) in [6.45, 7) is 3.22. The molecule has 0 aliphatic heterocycles. The molecule has 0 saturated heterocycles. The van der Waals surface area contributed by atoms with Crippen LogP contribution in [0.4, 0.5) is 0 Å². The zero-order valence-corrected chi connectivity index (χ0v) is 10.8. The normalized spacial score (nSPS) is 9.79. The second-order valence-electron chi connectivity index (χ2n) is 4.00. The largest absolute Gasteiger partial charge is 0.492 e. The number of benzene rings is 1. The molecule has 4 nitrogen and oxygen atoms in total. The van der Waals surface area contributed by atoms with Crippen molar-refractivity contribution in [1.82, 2.24) is 9.55 Å². The highest BCUT2D eigenvalue weighted by Crippen LogP contribution is 2.11. The van der Waals surface area contributed by atoms with Gasteiger partial charge in [0.25, 0.3) is 0 Å². The van der Waals surface area contributed by atoms with Gasteiger partial charge in [-0.25, -0.2) is 4.98 Å². The number of ether oxygens (including phenoxy) is 1. The molecule has 1 aromatic heterocycles. The van der Waals surface area contributed by atoms with E-state index in [2.05, 4.69) is 16.8 Å². The van der Waals surface area contributed by atoms with Gasteiger partial charge in [0.05, 0.1) is 6.54 Å². The Morgan fingerprint density at radius 2 is 2.11 bits per heavy atom. The number of rotatable bonds is 4. The summed E-state index contributed by atoms with van der Waals surface area (Å²) in [6.07, 6.45) is 3.72. The minimum Gasteiger partial charge on any atom is -0.492 e. The van der Waals surface area contributed by atoms with Gasteiger partial charge in [-0.1, -0.05) is 11.8 Å². The smallest absolute Gasteiger partial charge is 0.119 e. The first kappa shape index (κ1) is 13.2. The lowest BCUT2D eigenvalue weighted by atomic mass is 10.2. The van der Waals surface area contributed by atoms with E-state index < -0.39 is 0 Å². The molecule has 98 valence electrons. The Hall–Kier alpha value is -2.25. The molecule has 0 unspecified atom stereocenters. The van der Waals surface area contributed by atoms with Crippen LogP contribution in [0.3, 0.4) is 0 Å². The SMILES string of the molecule is Cc1nccn1CCOc1ccc(C#CCO)cc1. The molecule has 0 saturated carbocycles. The molecule has 0 fully saturated rings. The van der Waals surface area contributed by atoms with Crippen molar-refractivity contribution in [2.45, 2.75) is 13.5 Å². The third-order valence-electron chi connectivity index (χ3n) is 2.69. The highest BCUT2D eigenvalue weighted by molar-refractivity contribution is 5.38. The van der Waals surface area contributed by atoms with Crippen LogP contribution in [0.25, 0.3) is 0 Å². The summed E-state index contributed by atoms with van der Waals surface area (Å²) in [5, 5.41) is 8.61. The van der Waals surface area contributed by atoms with Crippen LogP contribution in [0.15, 0.2) is 36.7 Å². The van der Waals surface area contributed by atoms with Gasteiger partial charge in [0.15, 0.2) is 0 Å². The molecular formula is C15H16N2O2. The number of aliphatic hydroxyl groups is 1. The first-order chi connectivity index (χ1) is 9.29. The van der Waals surface area contributed by atoms with Crippen LogP contribution in [0.1, 0.15) is 11.4 Å². The van der Waals surface area contributed by atoms with Crippen molar-refractivity contribution in [3.8, 4) is 17.6 Å². The molecule has 0 atom stereocenters. The van der Waals surface area contributed by atoms with E-state index in [0.717, 1.165) is 23.7 Å². The second-order valence-corrected chi connectivity index (χ2v) is 4.00. The lowest BCUT2D eigenvalue weighted by Crippen LogP contribution is -2.08. The van der Waals surface area contributed by atoms with Crippen molar-refractivity contribution >= 4 is 0 Å². The Morgan fingerprint density at radius 3 is 2.74 bits per heavy atom. The van der Waals surface area contributed by atoms with Gasteiger partial charge in [-0.2, -0.15) is 0 Å². The molecule has 4 heteroatoms. The van der Waals surface area contributed by atoms with Crippen LogP contribution < -0.4 is 4.74 Å². The van der Waals surface area contributed by atoms with E-state index in [4.69, 9.17) is 9.84 Å². The van der Waals surface area contributed by atoms with Crippen LogP contribution in [-0.4, -0.2) is 27.9 Å². The van der Waals surface area contributed by atoms with Gasteiger partial charge in [0.1, 0.15) is 24.8 Å². The average Bonchev–Trinajstić information content (AvgIpc) is 2.84. The van der Waals surface area contributed by atoms with Crippen molar-refractivity contribution < 1.29 is 9.84 Å². The highest BCUT2D eigenvalue weighted by atomic mass is 16.5. The van der Waals surface area contributed by atoms with E-state index in [1.807, 2.05) is 42.0 Å². The van der Waals surface area contributed by atoms with Crippen molar-refractivity contribution in [3.05, 3.63) is 48.0 Å². The summed E-state index contributed by atoms with van der Waals surface area (Å²) in [5.41, 5.74) is 0.867. The Balaban J connectivity index is 1.85. The Labute approximate surface area is 112 Å². The summed E-state index contributed by atoms with van der Waals surface area (Å²) in [5.74, 6) is 7.24. The maximum atomic E-state index is 8.61. The first-order valence-electron chi connectivity index (χ1n) is 6.10. The summed E-state index contributed by atoms with van der Waals surface area (Å²) in [6, 6.07) is 7.51. The first-order valence-corrected chi connectivity index (χ1v) is 6.10. The molecule has 0 radical (unpaired) electrons. The molecule has 0 amide bonds. The van der Waals surface area contributed by atoms with Gasteiger partial charge in [-0.3, -0.25) is 0 Å². The Bertz CT molecular complexity index is 576. The molecule has 0 aliphatic carbocycles. The fourth-order valence-electron chi connectivity index (χ4n) is 1.68. The maximum absolute atomic E-state index is 8.61. The molecular weight excluding hydrogens is 240 g/mol. The zero-order valence-electron chi connectivity index (χ0n) is 10.8. The predicted octanol–water partition coefficient (Wildman–Crippen LogP) is 1.61. The van der Waals surface area contributed by atoms with E-state index in [-0.39, 0.29) is 6.61 Å². The number of aryl methyl sites for hydroxylation is 1. The van der Waals surface area contributed by atoms with Crippen molar-refractivity contribution in [2.24, 2.45) is 0 Å². The van der Waals surface area contributed by atoms with Crippen LogP contribution in [0.2, 0.25) is 0 Å². The third kappa shape index (κ3) is 3.87. The second kappa shape index (κ2) is 6.62. The molecule has 0 bridgehead atoms. The number of hydrogen-bond donors (Lipinski definition) is 1. The number of aromatic nitrogens is 2. The van der Waals surface area contributed by atoms with Gasteiger partial charge in [-0.15, -0.1) is 0 Å². The average molecular weight is 256 g/mol. The van der Waals surface area contributed by atoms with Crippen LogP contribution >= 0.6 is 0 Å². The standard InChI is InChI=1S/C15H16N2O2/c1-13-16-8-9-17(13)10-12-19-15-6-4-14(5-7-15)3-2-11-18/h4-9,18H,10-12H2,1H3. The summed E-state index contributed by atoms with van der Waals surface area (Å²) >= 11 is 0. The van der Waals surface area contributed by atoms with E-state index >= 15 is 0 Å². The van der Waals surface area contributed by atoms with Gasteiger partial charge in [-0.05, 0) is 31.2 Å².